The summed E-state index contributed by atoms with van der Waals surface area (Å²) < 4.78 is 0. The zero-order chi connectivity index (χ0) is 12.3. The van der Waals surface area contributed by atoms with Gasteiger partial charge in [0.2, 0.25) is 0 Å². The Morgan fingerprint density at radius 1 is 1.41 bits per heavy atom. The van der Waals surface area contributed by atoms with Gasteiger partial charge in [0.1, 0.15) is 5.41 Å². The lowest BCUT2D eigenvalue weighted by Gasteiger charge is -2.28. The average Bonchev–Trinajstić information content (AvgIpc) is 2.80. The van der Waals surface area contributed by atoms with Crippen molar-refractivity contribution in [2.75, 3.05) is 0 Å². The van der Waals surface area contributed by atoms with Crippen LogP contribution in [0.1, 0.15) is 42.4 Å². The maximum atomic E-state index is 12.0. The van der Waals surface area contributed by atoms with Crippen molar-refractivity contribution >= 4 is 17.1 Å². The monoisotopic (exact) mass is 247 g/mol. The van der Waals surface area contributed by atoms with Crippen molar-refractivity contribution in [3.63, 3.8) is 0 Å². The number of hydrogen-bond acceptors (Lipinski definition) is 3. The SMILES string of the molecule is CCc1ccc(CC2(C#N)CCCCC2=O)s1. The van der Waals surface area contributed by atoms with Gasteiger partial charge in [-0.15, -0.1) is 11.3 Å². The van der Waals surface area contributed by atoms with Gasteiger partial charge in [-0.3, -0.25) is 4.79 Å². The first kappa shape index (κ1) is 12.3. The minimum absolute atomic E-state index is 0.151. The average molecular weight is 247 g/mol. The van der Waals surface area contributed by atoms with E-state index in [9.17, 15) is 10.1 Å². The topological polar surface area (TPSA) is 40.9 Å². The molecule has 1 aromatic rings. The molecule has 3 heteroatoms. The maximum absolute atomic E-state index is 12.0. The molecule has 1 aliphatic carbocycles. The molecule has 17 heavy (non-hydrogen) atoms. The normalized spacial score (nSPS) is 24.6. The smallest absolute Gasteiger partial charge is 0.153 e. The summed E-state index contributed by atoms with van der Waals surface area (Å²) in [5.41, 5.74) is -0.728. The van der Waals surface area contributed by atoms with Crippen LogP contribution in [0.15, 0.2) is 12.1 Å². The van der Waals surface area contributed by atoms with E-state index in [4.69, 9.17) is 0 Å². The highest BCUT2D eigenvalue weighted by molar-refractivity contribution is 7.12. The largest absolute Gasteiger partial charge is 0.298 e. The van der Waals surface area contributed by atoms with E-state index < -0.39 is 5.41 Å². The zero-order valence-corrected chi connectivity index (χ0v) is 11.0. The third-order valence-corrected chi connectivity index (χ3v) is 4.78. The van der Waals surface area contributed by atoms with Crippen LogP contribution in [0.3, 0.4) is 0 Å². The summed E-state index contributed by atoms with van der Waals surface area (Å²) in [6.45, 7) is 2.13. The third-order valence-electron chi connectivity index (χ3n) is 3.55. The Morgan fingerprint density at radius 3 is 2.76 bits per heavy atom. The third kappa shape index (κ3) is 2.42. The Hall–Kier alpha value is -1.14. The molecule has 0 N–H and O–H groups in total. The Labute approximate surface area is 106 Å². The molecular weight excluding hydrogens is 230 g/mol. The van der Waals surface area contributed by atoms with Crippen LogP contribution >= 0.6 is 11.3 Å². The summed E-state index contributed by atoms with van der Waals surface area (Å²) in [6.07, 6.45) is 4.92. The van der Waals surface area contributed by atoms with Gasteiger partial charge in [0.15, 0.2) is 5.78 Å². The molecule has 90 valence electrons. The Morgan fingerprint density at radius 2 is 2.18 bits per heavy atom. The van der Waals surface area contributed by atoms with Crippen molar-refractivity contribution in [1.29, 1.82) is 5.26 Å². The van der Waals surface area contributed by atoms with Gasteiger partial charge in [-0.05, 0) is 31.4 Å². The molecule has 1 fully saturated rings. The summed E-state index contributed by atoms with van der Waals surface area (Å²) >= 11 is 1.74. The number of nitrogens with zero attached hydrogens (tertiary/aromatic N) is 1. The van der Waals surface area contributed by atoms with E-state index in [1.165, 1.54) is 9.75 Å². The van der Waals surface area contributed by atoms with Gasteiger partial charge in [0, 0.05) is 22.6 Å². The molecular formula is C14H17NOS. The van der Waals surface area contributed by atoms with Crippen LogP contribution in [0.2, 0.25) is 0 Å². The van der Waals surface area contributed by atoms with Gasteiger partial charge >= 0.3 is 0 Å². The molecule has 0 radical (unpaired) electrons. The second-order valence-electron chi connectivity index (χ2n) is 4.72. The fourth-order valence-electron chi connectivity index (χ4n) is 2.44. The van der Waals surface area contributed by atoms with Crippen LogP contribution in [0, 0.1) is 16.7 Å². The molecule has 2 rings (SSSR count). The summed E-state index contributed by atoms with van der Waals surface area (Å²) in [5, 5.41) is 9.37. The minimum atomic E-state index is -0.728. The fraction of sp³-hybridized carbons (Fsp3) is 0.571. The van der Waals surface area contributed by atoms with Gasteiger partial charge in [-0.1, -0.05) is 13.3 Å². The van der Waals surface area contributed by atoms with E-state index in [1.54, 1.807) is 11.3 Å². The number of thiophene rings is 1. The standard InChI is InChI=1S/C14H17NOS/c1-2-11-6-7-12(17-11)9-14(10-15)8-4-3-5-13(14)16/h6-7H,2-5,8-9H2,1H3. The number of carbonyl (C=O) groups is 1. The number of aryl methyl sites for hydroxylation is 1. The first-order valence-electron chi connectivity index (χ1n) is 6.22. The lowest BCUT2D eigenvalue weighted by molar-refractivity contribution is -0.128. The first-order valence-corrected chi connectivity index (χ1v) is 7.04. The van der Waals surface area contributed by atoms with Gasteiger partial charge < -0.3 is 0 Å². The van der Waals surface area contributed by atoms with Crippen LogP contribution in [0.25, 0.3) is 0 Å². The maximum Gasteiger partial charge on any atom is 0.153 e. The van der Waals surface area contributed by atoms with Gasteiger partial charge in [0.25, 0.3) is 0 Å². The van der Waals surface area contributed by atoms with E-state index in [2.05, 4.69) is 25.1 Å². The summed E-state index contributed by atoms with van der Waals surface area (Å²) in [7, 11) is 0. The van der Waals surface area contributed by atoms with E-state index in [0.29, 0.717) is 12.8 Å². The van der Waals surface area contributed by atoms with Crippen LogP contribution in [-0.2, 0) is 17.6 Å². The number of Topliss-reactive ketones (excluding diaryl/α,β-unsaturated/α-hetero) is 1. The molecule has 1 unspecified atom stereocenters. The highest BCUT2D eigenvalue weighted by Gasteiger charge is 2.40. The molecule has 1 saturated carbocycles. The summed E-state index contributed by atoms with van der Waals surface area (Å²) in [4.78, 5) is 14.5. The molecule has 1 aromatic heterocycles. The number of carbonyl (C=O) groups excluding carboxylic acids is 1. The van der Waals surface area contributed by atoms with Gasteiger partial charge in [0.05, 0.1) is 6.07 Å². The van der Waals surface area contributed by atoms with Crippen molar-refractivity contribution in [2.45, 2.75) is 45.4 Å². The van der Waals surface area contributed by atoms with Crippen molar-refractivity contribution in [1.82, 2.24) is 0 Å². The van der Waals surface area contributed by atoms with Crippen LogP contribution in [-0.4, -0.2) is 5.78 Å². The Kier molecular flexibility index (Phi) is 3.63. The molecule has 0 amide bonds. The minimum Gasteiger partial charge on any atom is -0.298 e. The second kappa shape index (κ2) is 5.01. The number of ketones is 1. The molecule has 1 aliphatic rings. The van der Waals surface area contributed by atoms with E-state index >= 15 is 0 Å². The van der Waals surface area contributed by atoms with Crippen LogP contribution in [0.4, 0.5) is 0 Å². The highest BCUT2D eigenvalue weighted by atomic mass is 32.1. The van der Waals surface area contributed by atoms with Gasteiger partial charge in [-0.2, -0.15) is 5.26 Å². The van der Waals surface area contributed by atoms with E-state index in [1.807, 2.05) is 0 Å². The molecule has 2 nitrogen and oxygen atoms in total. The quantitative estimate of drug-likeness (QED) is 0.820. The molecule has 0 aromatic carbocycles. The predicted molar refractivity (Wildman–Crippen MR) is 68.9 cm³/mol. The number of rotatable bonds is 3. The summed E-state index contributed by atoms with van der Waals surface area (Å²) in [5.74, 6) is 0.151. The van der Waals surface area contributed by atoms with Crippen molar-refractivity contribution in [3.05, 3.63) is 21.9 Å². The van der Waals surface area contributed by atoms with Gasteiger partial charge in [-0.25, -0.2) is 0 Å². The Balaban J connectivity index is 2.19. The second-order valence-corrected chi connectivity index (χ2v) is 5.98. The van der Waals surface area contributed by atoms with Crippen molar-refractivity contribution in [3.8, 4) is 6.07 Å². The van der Waals surface area contributed by atoms with E-state index in [0.717, 1.165) is 25.7 Å². The summed E-state index contributed by atoms with van der Waals surface area (Å²) in [6, 6.07) is 6.48. The molecule has 0 spiro atoms. The highest BCUT2D eigenvalue weighted by Crippen LogP contribution is 2.37. The van der Waals surface area contributed by atoms with E-state index in [-0.39, 0.29) is 5.78 Å². The van der Waals surface area contributed by atoms with Crippen LogP contribution in [0.5, 0.6) is 0 Å². The fourth-order valence-corrected chi connectivity index (χ4v) is 3.51. The molecule has 1 heterocycles. The van der Waals surface area contributed by atoms with Crippen molar-refractivity contribution < 1.29 is 4.79 Å². The molecule has 0 aliphatic heterocycles. The Bertz CT molecular complexity index is 457. The van der Waals surface area contributed by atoms with Crippen molar-refractivity contribution in [2.24, 2.45) is 5.41 Å². The predicted octanol–water partition coefficient (Wildman–Crippen LogP) is 3.51. The zero-order valence-electron chi connectivity index (χ0n) is 10.2. The molecule has 0 bridgehead atoms. The lowest BCUT2D eigenvalue weighted by atomic mass is 9.71. The number of hydrogen-bond donors (Lipinski definition) is 0. The molecule has 0 saturated heterocycles. The lowest BCUT2D eigenvalue weighted by Crippen LogP contribution is -2.34. The molecule has 1 atom stereocenters. The van der Waals surface area contributed by atoms with Crippen LogP contribution < -0.4 is 0 Å². The number of nitriles is 1. The first-order chi connectivity index (χ1) is 8.20.